The van der Waals surface area contributed by atoms with Crippen molar-refractivity contribution < 1.29 is 0 Å². The van der Waals surface area contributed by atoms with Crippen molar-refractivity contribution in [1.82, 2.24) is 15.5 Å². The zero-order chi connectivity index (χ0) is 11.4. The molecule has 1 aliphatic rings. The summed E-state index contributed by atoms with van der Waals surface area (Å²) in [5, 5.41) is 11.7. The summed E-state index contributed by atoms with van der Waals surface area (Å²) in [4.78, 5) is 2.15. The molecule has 1 aliphatic heterocycles. The molecule has 1 fully saturated rings. The minimum Gasteiger partial charge on any atom is -0.358 e. The van der Waals surface area contributed by atoms with Crippen LogP contribution in [0.15, 0.2) is 12.1 Å². The van der Waals surface area contributed by atoms with E-state index in [4.69, 9.17) is 11.6 Å². The molecule has 0 amide bonds. The number of aromatic nitrogens is 2. The van der Waals surface area contributed by atoms with Crippen molar-refractivity contribution in [3.05, 3.63) is 17.3 Å². The molecule has 0 unspecified atom stereocenters. The Morgan fingerprint density at radius 3 is 2.65 bits per heavy atom. The second-order valence-electron chi connectivity index (χ2n) is 4.29. The van der Waals surface area contributed by atoms with Gasteiger partial charge in [0.25, 0.3) is 0 Å². The molecule has 6 heteroatoms. The Balaban J connectivity index is 0.00000144. The van der Waals surface area contributed by atoms with Crippen LogP contribution in [0.1, 0.15) is 12.8 Å². The molecular weight excluding hydrogens is 259 g/mol. The van der Waals surface area contributed by atoms with Gasteiger partial charge >= 0.3 is 0 Å². The van der Waals surface area contributed by atoms with Gasteiger partial charge in [0, 0.05) is 13.6 Å². The van der Waals surface area contributed by atoms with E-state index in [9.17, 15) is 0 Å². The zero-order valence-electron chi connectivity index (χ0n) is 9.90. The molecule has 0 aromatic carbocycles. The van der Waals surface area contributed by atoms with Gasteiger partial charge < -0.3 is 10.2 Å². The van der Waals surface area contributed by atoms with E-state index in [1.54, 1.807) is 6.07 Å². The van der Waals surface area contributed by atoms with E-state index in [-0.39, 0.29) is 12.4 Å². The largest absolute Gasteiger partial charge is 0.358 e. The lowest BCUT2D eigenvalue weighted by atomic mass is 9.98. The molecule has 0 aliphatic carbocycles. The average Bonchev–Trinajstić information content (AvgIpc) is 2.31. The quantitative estimate of drug-likeness (QED) is 0.917. The minimum atomic E-state index is 0. The van der Waals surface area contributed by atoms with Crippen molar-refractivity contribution in [2.75, 3.05) is 31.6 Å². The number of hydrogen-bond acceptors (Lipinski definition) is 4. The lowest BCUT2D eigenvalue weighted by molar-refractivity contribution is 0.377. The summed E-state index contributed by atoms with van der Waals surface area (Å²) >= 11 is 5.71. The first-order chi connectivity index (χ1) is 7.75. The summed E-state index contributed by atoms with van der Waals surface area (Å²) in [6.45, 7) is 3.30. The number of rotatable bonds is 3. The number of anilines is 1. The van der Waals surface area contributed by atoms with Gasteiger partial charge in [-0.3, -0.25) is 0 Å². The molecule has 0 atom stereocenters. The van der Waals surface area contributed by atoms with Gasteiger partial charge in [-0.15, -0.1) is 22.6 Å². The first-order valence-corrected chi connectivity index (χ1v) is 6.04. The second kappa shape index (κ2) is 6.99. The van der Waals surface area contributed by atoms with Crippen LogP contribution >= 0.6 is 24.0 Å². The van der Waals surface area contributed by atoms with Crippen molar-refractivity contribution in [3.8, 4) is 0 Å². The molecule has 1 aromatic heterocycles. The van der Waals surface area contributed by atoms with Gasteiger partial charge in [-0.05, 0) is 44.0 Å². The van der Waals surface area contributed by atoms with Crippen LogP contribution in [0.2, 0.25) is 5.15 Å². The SMILES string of the molecule is CN(CC1CCNCC1)c1ccc(Cl)nn1.Cl. The van der Waals surface area contributed by atoms with Crippen LogP contribution < -0.4 is 10.2 Å². The molecule has 1 N–H and O–H groups in total. The maximum absolute atomic E-state index is 5.71. The lowest BCUT2D eigenvalue weighted by Crippen LogP contribution is -2.34. The molecule has 0 saturated carbocycles. The maximum atomic E-state index is 5.71. The third-order valence-electron chi connectivity index (χ3n) is 3.00. The normalized spacial score (nSPS) is 16.4. The monoisotopic (exact) mass is 276 g/mol. The van der Waals surface area contributed by atoms with Crippen molar-refractivity contribution in [2.45, 2.75) is 12.8 Å². The highest BCUT2D eigenvalue weighted by molar-refractivity contribution is 6.29. The topological polar surface area (TPSA) is 41.0 Å². The maximum Gasteiger partial charge on any atom is 0.151 e. The summed E-state index contributed by atoms with van der Waals surface area (Å²) in [5.41, 5.74) is 0. The van der Waals surface area contributed by atoms with E-state index >= 15 is 0 Å². The van der Waals surface area contributed by atoms with Crippen LogP contribution in [0.3, 0.4) is 0 Å². The molecule has 17 heavy (non-hydrogen) atoms. The number of nitrogens with zero attached hydrogens (tertiary/aromatic N) is 3. The van der Waals surface area contributed by atoms with E-state index in [0.29, 0.717) is 5.15 Å². The van der Waals surface area contributed by atoms with Crippen LogP contribution in [0.4, 0.5) is 5.82 Å². The van der Waals surface area contributed by atoms with E-state index in [0.717, 1.165) is 31.4 Å². The summed E-state index contributed by atoms with van der Waals surface area (Å²) in [6, 6.07) is 3.69. The summed E-state index contributed by atoms with van der Waals surface area (Å²) in [5.74, 6) is 1.65. The fraction of sp³-hybridized carbons (Fsp3) is 0.636. The highest BCUT2D eigenvalue weighted by Gasteiger charge is 2.15. The van der Waals surface area contributed by atoms with E-state index < -0.39 is 0 Å². The fourth-order valence-corrected chi connectivity index (χ4v) is 2.16. The van der Waals surface area contributed by atoms with Gasteiger partial charge in [-0.25, -0.2) is 0 Å². The number of hydrogen-bond donors (Lipinski definition) is 1. The molecule has 0 spiro atoms. The average molecular weight is 277 g/mol. The van der Waals surface area contributed by atoms with Crippen LogP contribution in [-0.2, 0) is 0 Å². The van der Waals surface area contributed by atoms with E-state index in [1.165, 1.54) is 12.8 Å². The lowest BCUT2D eigenvalue weighted by Gasteiger charge is -2.27. The van der Waals surface area contributed by atoms with Gasteiger partial charge in [-0.2, -0.15) is 0 Å². The predicted molar refractivity (Wildman–Crippen MR) is 73.2 cm³/mol. The first-order valence-electron chi connectivity index (χ1n) is 5.67. The van der Waals surface area contributed by atoms with Gasteiger partial charge in [0.2, 0.25) is 0 Å². The predicted octanol–water partition coefficient (Wildman–Crippen LogP) is 1.99. The summed E-state index contributed by atoms with van der Waals surface area (Å²) in [6.07, 6.45) is 2.48. The Kier molecular flexibility index (Phi) is 5.95. The van der Waals surface area contributed by atoms with Crippen molar-refractivity contribution in [2.24, 2.45) is 5.92 Å². The molecule has 2 heterocycles. The van der Waals surface area contributed by atoms with Crippen LogP contribution in [-0.4, -0.2) is 36.9 Å². The first kappa shape index (κ1) is 14.5. The molecular formula is C11H18Cl2N4. The molecule has 1 saturated heterocycles. The number of halogens is 2. The molecule has 2 rings (SSSR count). The van der Waals surface area contributed by atoms with E-state index in [2.05, 4.69) is 27.5 Å². The van der Waals surface area contributed by atoms with Gasteiger partial charge in [0.15, 0.2) is 11.0 Å². The van der Waals surface area contributed by atoms with Crippen molar-refractivity contribution in [3.63, 3.8) is 0 Å². The number of nitrogens with one attached hydrogen (secondary N) is 1. The van der Waals surface area contributed by atoms with Crippen LogP contribution in [0.25, 0.3) is 0 Å². The molecule has 0 bridgehead atoms. The molecule has 0 radical (unpaired) electrons. The smallest absolute Gasteiger partial charge is 0.151 e. The summed E-state index contributed by atoms with van der Waals surface area (Å²) in [7, 11) is 2.06. The third kappa shape index (κ3) is 4.30. The Bertz CT molecular complexity index is 325. The van der Waals surface area contributed by atoms with Crippen LogP contribution in [0.5, 0.6) is 0 Å². The van der Waals surface area contributed by atoms with Gasteiger partial charge in [-0.1, -0.05) is 11.6 Å². The van der Waals surface area contributed by atoms with Gasteiger partial charge in [0.05, 0.1) is 0 Å². The van der Waals surface area contributed by atoms with E-state index in [1.807, 2.05) is 6.07 Å². The number of piperidine rings is 1. The highest BCUT2D eigenvalue weighted by Crippen LogP contribution is 2.16. The molecule has 4 nitrogen and oxygen atoms in total. The van der Waals surface area contributed by atoms with Crippen molar-refractivity contribution in [1.29, 1.82) is 0 Å². The van der Waals surface area contributed by atoms with Crippen LogP contribution in [0, 0.1) is 5.92 Å². The van der Waals surface area contributed by atoms with Crippen molar-refractivity contribution >= 4 is 29.8 Å². The Morgan fingerprint density at radius 1 is 1.35 bits per heavy atom. The minimum absolute atomic E-state index is 0. The standard InChI is InChI=1S/C11H17ClN4.ClH/c1-16(8-9-4-6-13-7-5-9)11-3-2-10(12)14-15-11;/h2-3,9,13H,4-8H2,1H3;1H. The second-order valence-corrected chi connectivity index (χ2v) is 4.68. The zero-order valence-corrected chi connectivity index (χ0v) is 11.5. The molecule has 96 valence electrons. The summed E-state index contributed by atoms with van der Waals surface area (Å²) < 4.78 is 0. The Hall–Kier alpha value is -0.580. The fourth-order valence-electron chi connectivity index (χ4n) is 2.06. The van der Waals surface area contributed by atoms with Gasteiger partial charge in [0.1, 0.15) is 0 Å². The Morgan fingerprint density at radius 2 is 2.06 bits per heavy atom. The molecule has 1 aromatic rings. The Labute approximate surface area is 113 Å². The third-order valence-corrected chi connectivity index (χ3v) is 3.20. The highest BCUT2D eigenvalue weighted by atomic mass is 35.5.